The van der Waals surface area contributed by atoms with Crippen LogP contribution in [0.4, 0.5) is 0 Å². The second kappa shape index (κ2) is 4.79. The standard InChI is InChI=1S/C14H12N3O/c1-3-7-12(8-4-1)14-15-13(18-16-14)11-17-9-5-2-6-10-17/h1-10H,11H2/q+1. The van der Waals surface area contributed by atoms with Gasteiger partial charge in [-0.1, -0.05) is 41.6 Å². The summed E-state index contributed by atoms with van der Waals surface area (Å²) in [7, 11) is 0. The summed E-state index contributed by atoms with van der Waals surface area (Å²) in [6.07, 6.45) is 3.93. The predicted octanol–water partition coefficient (Wildman–Crippen LogP) is 2.07. The summed E-state index contributed by atoms with van der Waals surface area (Å²) in [6.45, 7) is 0.584. The fourth-order valence-corrected chi connectivity index (χ4v) is 1.72. The highest BCUT2D eigenvalue weighted by atomic mass is 16.5. The highest BCUT2D eigenvalue weighted by Crippen LogP contribution is 2.14. The molecule has 2 aromatic heterocycles. The van der Waals surface area contributed by atoms with Crippen LogP contribution in [0.1, 0.15) is 5.89 Å². The van der Waals surface area contributed by atoms with Gasteiger partial charge in [-0.15, -0.1) is 0 Å². The van der Waals surface area contributed by atoms with E-state index in [0.717, 1.165) is 5.56 Å². The summed E-state index contributed by atoms with van der Waals surface area (Å²) in [5.41, 5.74) is 0.963. The molecule has 0 saturated carbocycles. The molecule has 0 amide bonds. The first-order chi connectivity index (χ1) is 8.92. The summed E-state index contributed by atoms with van der Waals surface area (Å²) < 4.78 is 7.23. The Morgan fingerprint density at radius 3 is 2.44 bits per heavy atom. The van der Waals surface area contributed by atoms with E-state index in [1.807, 2.05) is 65.5 Å². The van der Waals surface area contributed by atoms with Gasteiger partial charge in [0.1, 0.15) is 0 Å². The second-order valence-corrected chi connectivity index (χ2v) is 3.93. The topological polar surface area (TPSA) is 42.8 Å². The number of hydrogen-bond acceptors (Lipinski definition) is 3. The lowest BCUT2D eigenvalue weighted by molar-refractivity contribution is -0.690. The Labute approximate surface area is 105 Å². The first-order valence-corrected chi connectivity index (χ1v) is 5.74. The van der Waals surface area contributed by atoms with Crippen LogP contribution in [0, 0.1) is 0 Å². The molecule has 4 heteroatoms. The minimum atomic E-state index is 0.584. The molecule has 0 aliphatic carbocycles. The minimum absolute atomic E-state index is 0.584. The smallest absolute Gasteiger partial charge is 0.292 e. The molecule has 0 unspecified atom stereocenters. The van der Waals surface area contributed by atoms with Gasteiger partial charge in [0.25, 0.3) is 5.89 Å². The average Bonchev–Trinajstić information content (AvgIpc) is 2.89. The van der Waals surface area contributed by atoms with Crippen LogP contribution in [0.5, 0.6) is 0 Å². The molecule has 0 spiro atoms. The Kier molecular flexibility index (Phi) is 2.84. The van der Waals surface area contributed by atoms with Crippen LogP contribution in [-0.4, -0.2) is 10.1 Å². The first-order valence-electron chi connectivity index (χ1n) is 5.74. The zero-order valence-electron chi connectivity index (χ0n) is 9.73. The lowest BCUT2D eigenvalue weighted by Crippen LogP contribution is -2.32. The Hall–Kier alpha value is -2.49. The molecule has 0 radical (unpaired) electrons. The van der Waals surface area contributed by atoms with E-state index in [-0.39, 0.29) is 0 Å². The van der Waals surface area contributed by atoms with Crippen LogP contribution in [0.15, 0.2) is 65.4 Å². The Bertz CT molecular complexity index is 620. The van der Waals surface area contributed by atoms with Gasteiger partial charge in [-0.2, -0.15) is 9.55 Å². The molecule has 0 aliphatic rings. The van der Waals surface area contributed by atoms with Gasteiger partial charge in [0, 0.05) is 17.7 Å². The molecule has 1 aromatic carbocycles. The van der Waals surface area contributed by atoms with Gasteiger partial charge in [0.2, 0.25) is 12.4 Å². The molecule has 0 atom stereocenters. The van der Waals surface area contributed by atoms with Crippen LogP contribution < -0.4 is 4.57 Å². The van der Waals surface area contributed by atoms with Gasteiger partial charge >= 0.3 is 0 Å². The summed E-state index contributed by atoms with van der Waals surface area (Å²) in [6, 6.07) is 15.7. The molecule has 3 aromatic rings. The van der Waals surface area contributed by atoms with Crippen molar-refractivity contribution in [3.05, 3.63) is 66.8 Å². The fraction of sp³-hybridized carbons (Fsp3) is 0.0714. The molecule has 2 heterocycles. The van der Waals surface area contributed by atoms with Crippen molar-refractivity contribution < 1.29 is 9.09 Å². The van der Waals surface area contributed by atoms with Crippen molar-refractivity contribution >= 4 is 0 Å². The van der Waals surface area contributed by atoms with Crippen LogP contribution in [0.3, 0.4) is 0 Å². The van der Waals surface area contributed by atoms with Gasteiger partial charge in [0.15, 0.2) is 12.4 Å². The van der Waals surface area contributed by atoms with Crippen molar-refractivity contribution in [3.63, 3.8) is 0 Å². The molecule has 0 fully saturated rings. The molecule has 3 rings (SSSR count). The van der Waals surface area contributed by atoms with Crippen molar-refractivity contribution in [2.75, 3.05) is 0 Å². The third-order valence-corrected chi connectivity index (χ3v) is 2.60. The molecule has 0 bridgehead atoms. The third kappa shape index (κ3) is 2.27. The van der Waals surface area contributed by atoms with Gasteiger partial charge in [-0.05, 0) is 0 Å². The maximum absolute atomic E-state index is 5.24. The number of benzene rings is 1. The van der Waals surface area contributed by atoms with Crippen molar-refractivity contribution in [1.29, 1.82) is 0 Å². The number of aromatic nitrogens is 3. The van der Waals surface area contributed by atoms with Gasteiger partial charge in [-0.25, -0.2) is 0 Å². The fourth-order valence-electron chi connectivity index (χ4n) is 1.72. The lowest BCUT2D eigenvalue weighted by atomic mass is 10.2. The maximum Gasteiger partial charge on any atom is 0.292 e. The van der Waals surface area contributed by atoms with E-state index in [0.29, 0.717) is 18.3 Å². The Balaban J connectivity index is 1.82. The zero-order chi connectivity index (χ0) is 12.2. The summed E-state index contributed by atoms with van der Waals surface area (Å²) in [5, 5.41) is 3.98. The summed E-state index contributed by atoms with van der Waals surface area (Å²) in [5.74, 6) is 1.23. The van der Waals surface area contributed by atoms with Crippen LogP contribution in [0.25, 0.3) is 11.4 Å². The van der Waals surface area contributed by atoms with Crippen molar-refractivity contribution in [2.45, 2.75) is 6.54 Å². The van der Waals surface area contributed by atoms with E-state index >= 15 is 0 Å². The van der Waals surface area contributed by atoms with E-state index in [2.05, 4.69) is 10.1 Å². The van der Waals surface area contributed by atoms with E-state index in [9.17, 15) is 0 Å². The highest BCUT2D eigenvalue weighted by molar-refractivity contribution is 5.53. The minimum Gasteiger partial charge on any atom is -0.332 e. The predicted molar refractivity (Wildman–Crippen MR) is 65.5 cm³/mol. The quantitative estimate of drug-likeness (QED) is 0.656. The third-order valence-electron chi connectivity index (χ3n) is 2.60. The van der Waals surface area contributed by atoms with Crippen LogP contribution in [0.2, 0.25) is 0 Å². The van der Waals surface area contributed by atoms with Crippen molar-refractivity contribution in [2.24, 2.45) is 0 Å². The number of nitrogens with zero attached hydrogens (tertiary/aromatic N) is 3. The van der Waals surface area contributed by atoms with E-state index in [4.69, 9.17) is 4.52 Å². The van der Waals surface area contributed by atoms with Crippen molar-refractivity contribution in [1.82, 2.24) is 10.1 Å². The van der Waals surface area contributed by atoms with Crippen LogP contribution >= 0.6 is 0 Å². The number of pyridine rings is 1. The number of hydrogen-bond donors (Lipinski definition) is 0. The van der Waals surface area contributed by atoms with Gasteiger partial charge < -0.3 is 4.52 Å². The van der Waals surface area contributed by atoms with E-state index in [1.165, 1.54) is 0 Å². The van der Waals surface area contributed by atoms with E-state index in [1.54, 1.807) is 0 Å². The SMILES string of the molecule is c1ccc(-c2noc(C[n+]3ccccc3)n2)cc1. The summed E-state index contributed by atoms with van der Waals surface area (Å²) in [4.78, 5) is 4.38. The largest absolute Gasteiger partial charge is 0.332 e. The zero-order valence-corrected chi connectivity index (χ0v) is 9.73. The molecule has 0 N–H and O–H groups in total. The molecule has 0 saturated heterocycles. The molecule has 4 nitrogen and oxygen atoms in total. The van der Waals surface area contributed by atoms with Crippen LogP contribution in [-0.2, 0) is 6.54 Å². The number of rotatable bonds is 3. The average molecular weight is 238 g/mol. The Morgan fingerprint density at radius 2 is 1.67 bits per heavy atom. The van der Waals surface area contributed by atoms with E-state index < -0.39 is 0 Å². The molecule has 88 valence electrons. The van der Waals surface area contributed by atoms with Gasteiger partial charge in [0.05, 0.1) is 0 Å². The van der Waals surface area contributed by atoms with Crippen molar-refractivity contribution in [3.8, 4) is 11.4 Å². The highest BCUT2D eigenvalue weighted by Gasteiger charge is 2.11. The first kappa shape index (κ1) is 10.7. The molecule has 18 heavy (non-hydrogen) atoms. The lowest BCUT2D eigenvalue weighted by Gasteiger charge is -1.91. The molecular formula is C14H12N3O+. The second-order valence-electron chi connectivity index (χ2n) is 3.93. The maximum atomic E-state index is 5.24. The molecule has 0 aliphatic heterocycles. The Morgan fingerprint density at radius 1 is 0.944 bits per heavy atom. The normalized spacial score (nSPS) is 10.4. The molecular weight excluding hydrogens is 226 g/mol. The summed E-state index contributed by atoms with van der Waals surface area (Å²) >= 11 is 0. The van der Waals surface area contributed by atoms with Gasteiger partial charge in [-0.3, -0.25) is 0 Å². The monoisotopic (exact) mass is 238 g/mol.